The van der Waals surface area contributed by atoms with E-state index in [1.54, 1.807) is 0 Å². The van der Waals surface area contributed by atoms with Crippen molar-refractivity contribution in [1.29, 1.82) is 0 Å². The van der Waals surface area contributed by atoms with Gasteiger partial charge in [0.1, 0.15) is 5.56 Å². The number of hydrogen-bond acceptors (Lipinski definition) is 4. The lowest BCUT2D eigenvalue weighted by molar-refractivity contribution is -0.139. The molecule has 0 atom stereocenters. The molecule has 15 heavy (non-hydrogen) atoms. The van der Waals surface area contributed by atoms with Crippen LogP contribution >= 0.6 is 0 Å². The molecule has 0 fully saturated rings. The summed E-state index contributed by atoms with van der Waals surface area (Å²) in [6.45, 7) is 0. The topological polar surface area (TPSA) is 48.4 Å². The minimum atomic E-state index is -4.63. The van der Waals surface area contributed by atoms with Crippen molar-refractivity contribution < 1.29 is 27.4 Å². The lowest BCUT2D eigenvalue weighted by Gasteiger charge is -2.09. The summed E-state index contributed by atoms with van der Waals surface area (Å²) in [6, 6.07) is 1.85. The van der Waals surface area contributed by atoms with Crippen molar-refractivity contribution in [2.24, 2.45) is 0 Å². The Hall–Kier alpha value is -1.79. The van der Waals surface area contributed by atoms with Crippen molar-refractivity contribution in [2.45, 2.75) is 6.18 Å². The van der Waals surface area contributed by atoms with Gasteiger partial charge in [-0.25, -0.2) is 9.78 Å². The fourth-order valence-corrected chi connectivity index (χ4v) is 0.808. The van der Waals surface area contributed by atoms with Gasteiger partial charge in [0.05, 0.1) is 7.11 Å². The second-order valence-electron chi connectivity index (χ2n) is 2.41. The van der Waals surface area contributed by atoms with Crippen LogP contribution in [0.15, 0.2) is 18.3 Å². The standard InChI is InChI=1S/C8H6F3NO3/c1-14-7(13)15-6-5(8(9,10)11)3-2-4-12-6/h2-4H,1H3. The van der Waals surface area contributed by atoms with Crippen LogP contribution in [0.5, 0.6) is 5.88 Å². The number of hydrogen-bond donors (Lipinski definition) is 0. The van der Waals surface area contributed by atoms with Crippen molar-refractivity contribution in [3.8, 4) is 5.88 Å². The first-order valence-corrected chi connectivity index (χ1v) is 3.73. The number of carbonyl (C=O) groups is 1. The monoisotopic (exact) mass is 221 g/mol. The summed E-state index contributed by atoms with van der Waals surface area (Å²) in [4.78, 5) is 13.9. The third kappa shape index (κ3) is 2.83. The second-order valence-corrected chi connectivity index (χ2v) is 2.41. The zero-order valence-electron chi connectivity index (χ0n) is 7.54. The highest BCUT2D eigenvalue weighted by Crippen LogP contribution is 2.34. The van der Waals surface area contributed by atoms with Gasteiger partial charge in [0.15, 0.2) is 0 Å². The lowest BCUT2D eigenvalue weighted by Crippen LogP contribution is -2.14. The van der Waals surface area contributed by atoms with Gasteiger partial charge in [-0.2, -0.15) is 13.2 Å². The average molecular weight is 221 g/mol. The number of carbonyl (C=O) groups excluding carboxylic acids is 1. The molecule has 1 rings (SSSR count). The van der Waals surface area contributed by atoms with Crippen LogP contribution in [0.3, 0.4) is 0 Å². The van der Waals surface area contributed by atoms with Crippen molar-refractivity contribution in [1.82, 2.24) is 4.98 Å². The van der Waals surface area contributed by atoms with E-state index in [1.165, 1.54) is 0 Å². The van der Waals surface area contributed by atoms with E-state index in [-0.39, 0.29) is 0 Å². The number of rotatable bonds is 1. The maximum absolute atomic E-state index is 12.3. The van der Waals surface area contributed by atoms with E-state index < -0.39 is 23.8 Å². The summed E-state index contributed by atoms with van der Waals surface area (Å²) in [5.74, 6) is -0.822. The third-order valence-corrected chi connectivity index (χ3v) is 1.42. The van der Waals surface area contributed by atoms with E-state index in [2.05, 4.69) is 14.5 Å². The van der Waals surface area contributed by atoms with Crippen LogP contribution in [0.25, 0.3) is 0 Å². The molecule has 0 aliphatic rings. The van der Waals surface area contributed by atoms with Crippen molar-refractivity contribution in [2.75, 3.05) is 7.11 Å². The van der Waals surface area contributed by atoms with E-state index in [4.69, 9.17) is 0 Å². The molecule has 0 aliphatic carbocycles. The fourth-order valence-electron chi connectivity index (χ4n) is 0.808. The molecule has 0 spiro atoms. The molecule has 0 aromatic carbocycles. The number of aromatic nitrogens is 1. The van der Waals surface area contributed by atoms with Crippen LogP contribution in [0.1, 0.15) is 5.56 Å². The first-order chi connectivity index (χ1) is 6.95. The van der Waals surface area contributed by atoms with E-state index >= 15 is 0 Å². The van der Waals surface area contributed by atoms with Crippen molar-refractivity contribution >= 4 is 6.16 Å². The largest absolute Gasteiger partial charge is 0.514 e. The molecule has 4 nitrogen and oxygen atoms in total. The molecule has 1 aromatic rings. The molecule has 1 heterocycles. The normalized spacial score (nSPS) is 10.9. The van der Waals surface area contributed by atoms with Gasteiger partial charge in [-0.1, -0.05) is 0 Å². The van der Waals surface area contributed by atoms with Gasteiger partial charge in [0.2, 0.25) is 5.88 Å². The Bertz CT molecular complexity index is 364. The first-order valence-electron chi connectivity index (χ1n) is 3.73. The SMILES string of the molecule is COC(=O)Oc1ncccc1C(F)(F)F. The molecule has 0 amide bonds. The van der Waals surface area contributed by atoms with E-state index in [1.807, 2.05) is 0 Å². The Morgan fingerprint density at radius 1 is 1.47 bits per heavy atom. The number of pyridine rings is 1. The summed E-state index contributed by atoms with van der Waals surface area (Å²) in [7, 11) is 0.985. The summed E-state index contributed by atoms with van der Waals surface area (Å²) < 4.78 is 45.3. The van der Waals surface area contributed by atoms with Crippen LogP contribution < -0.4 is 4.74 Å². The van der Waals surface area contributed by atoms with Gasteiger partial charge in [-0.3, -0.25) is 0 Å². The molecule has 82 valence electrons. The Labute approximate surface area is 82.6 Å². The quantitative estimate of drug-likeness (QED) is 0.682. The van der Waals surface area contributed by atoms with Crippen LogP contribution in [0, 0.1) is 0 Å². The zero-order chi connectivity index (χ0) is 11.5. The summed E-state index contributed by atoms with van der Waals surface area (Å²) in [5.41, 5.74) is -1.13. The zero-order valence-corrected chi connectivity index (χ0v) is 7.54. The molecule has 0 radical (unpaired) electrons. The molecule has 0 bridgehead atoms. The highest BCUT2D eigenvalue weighted by Gasteiger charge is 2.35. The fraction of sp³-hybridized carbons (Fsp3) is 0.250. The second kappa shape index (κ2) is 4.16. The van der Waals surface area contributed by atoms with Crippen LogP contribution in [0.2, 0.25) is 0 Å². The number of methoxy groups -OCH3 is 1. The summed E-state index contributed by atoms with van der Waals surface area (Å²) in [6.07, 6.45) is -4.80. The molecule has 0 saturated carbocycles. The van der Waals surface area contributed by atoms with Crippen molar-refractivity contribution in [3.05, 3.63) is 23.9 Å². The molecular formula is C8H6F3NO3. The maximum Gasteiger partial charge on any atom is 0.514 e. The van der Waals surface area contributed by atoms with E-state index in [0.717, 1.165) is 25.4 Å². The summed E-state index contributed by atoms with van der Waals surface area (Å²) in [5, 5.41) is 0. The highest BCUT2D eigenvalue weighted by molar-refractivity contribution is 5.63. The van der Waals surface area contributed by atoms with Gasteiger partial charge in [-0.15, -0.1) is 0 Å². The molecule has 0 saturated heterocycles. The van der Waals surface area contributed by atoms with Crippen LogP contribution in [0.4, 0.5) is 18.0 Å². The van der Waals surface area contributed by atoms with Gasteiger partial charge >= 0.3 is 12.3 Å². The third-order valence-electron chi connectivity index (χ3n) is 1.42. The van der Waals surface area contributed by atoms with Gasteiger partial charge < -0.3 is 9.47 Å². The first kappa shape index (κ1) is 11.3. The van der Waals surface area contributed by atoms with Gasteiger partial charge in [0.25, 0.3) is 0 Å². The summed E-state index contributed by atoms with van der Waals surface area (Å²) >= 11 is 0. The molecule has 0 N–H and O–H groups in total. The number of ether oxygens (including phenoxy) is 2. The molecule has 0 unspecified atom stereocenters. The molecule has 0 aliphatic heterocycles. The Kier molecular flexibility index (Phi) is 3.13. The van der Waals surface area contributed by atoms with Crippen LogP contribution in [-0.4, -0.2) is 18.2 Å². The lowest BCUT2D eigenvalue weighted by atomic mass is 10.2. The van der Waals surface area contributed by atoms with Crippen LogP contribution in [-0.2, 0) is 10.9 Å². The van der Waals surface area contributed by atoms with Crippen molar-refractivity contribution in [3.63, 3.8) is 0 Å². The van der Waals surface area contributed by atoms with Gasteiger partial charge in [0, 0.05) is 6.20 Å². The number of alkyl halides is 3. The Balaban J connectivity index is 3.02. The maximum atomic E-state index is 12.3. The average Bonchev–Trinajstić information content (AvgIpc) is 2.17. The van der Waals surface area contributed by atoms with E-state index in [9.17, 15) is 18.0 Å². The Morgan fingerprint density at radius 3 is 2.67 bits per heavy atom. The number of nitrogens with zero attached hydrogens (tertiary/aromatic N) is 1. The minimum absolute atomic E-state index is 0.755. The van der Waals surface area contributed by atoms with Gasteiger partial charge in [-0.05, 0) is 12.1 Å². The molecular weight excluding hydrogens is 215 g/mol. The smallest absolute Gasteiger partial charge is 0.437 e. The molecule has 7 heteroatoms. The minimum Gasteiger partial charge on any atom is -0.437 e. The number of halogens is 3. The Morgan fingerprint density at radius 2 is 2.13 bits per heavy atom. The molecule has 1 aromatic heterocycles. The highest BCUT2D eigenvalue weighted by atomic mass is 19.4. The predicted octanol–water partition coefficient (Wildman–Crippen LogP) is 2.25. The predicted molar refractivity (Wildman–Crippen MR) is 42.3 cm³/mol. The van der Waals surface area contributed by atoms with E-state index in [0.29, 0.717) is 0 Å².